The molecule has 0 spiro atoms. The van der Waals surface area contributed by atoms with E-state index in [2.05, 4.69) is 11.6 Å². The molecule has 1 unspecified atom stereocenters. The Morgan fingerprint density at radius 3 is 2.38 bits per heavy atom. The van der Waals surface area contributed by atoms with Gasteiger partial charge in [-0.3, -0.25) is 19.3 Å². The average molecular weight is 555 g/mol. The fourth-order valence-electron chi connectivity index (χ4n) is 4.00. The minimum absolute atomic E-state index is 0.00417. The molecule has 0 aliphatic heterocycles. The molecule has 0 radical (unpaired) electrons. The number of ketones is 1. The van der Waals surface area contributed by atoms with Crippen molar-refractivity contribution in [2.45, 2.75) is 44.9 Å². The number of hydrogen-bond donors (Lipinski definition) is 1. The Hall–Kier alpha value is -3.17. The highest BCUT2D eigenvalue weighted by molar-refractivity contribution is 6.31. The molecule has 1 aromatic heterocycles. The van der Waals surface area contributed by atoms with Gasteiger partial charge in [0, 0.05) is 49.1 Å². The van der Waals surface area contributed by atoms with Crippen LogP contribution >= 0.6 is 23.2 Å². The van der Waals surface area contributed by atoms with E-state index >= 15 is 0 Å². The van der Waals surface area contributed by atoms with E-state index in [0.717, 1.165) is 23.3 Å². The lowest BCUT2D eigenvalue weighted by molar-refractivity contribution is -0.727. The van der Waals surface area contributed by atoms with Crippen LogP contribution in [-0.4, -0.2) is 66.2 Å². The van der Waals surface area contributed by atoms with E-state index in [-0.39, 0.29) is 19.1 Å². The molecule has 1 aromatic carbocycles. The number of carbonyl (C=O) groups is 4. The lowest BCUT2D eigenvalue weighted by Crippen LogP contribution is -2.55. The first-order valence-corrected chi connectivity index (χ1v) is 12.6. The summed E-state index contributed by atoms with van der Waals surface area (Å²) < 4.78 is 7.27. The normalized spacial score (nSPS) is 16.2. The molecule has 202 valence electrons. The van der Waals surface area contributed by atoms with E-state index in [1.807, 2.05) is 49.6 Å². The smallest absolute Gasteiger partial charge is 0.415 e. The highest BCUT2D eigenvalue weighted by atomic mass is 35.5. The molecular weight excluding hydrogens is 521 g/mol. The van der Waals surface area contributed by atoms with Crippen molar-refractivity contribution in [3.8, 4) is 0 Å². The average Bonchev–Trinajstić information content (AvgIpc) is 2.89. The lowest BCUT2D eigenvalue weighted by Gasteiger charge is -2.43. The van der Waals surface area contributed by atoms with Crippen LogP contribution in [0.5, 0.6) is 0 Å². The fourth-order valence-corrected chi connectivity index (χ4v) is 4.29. The summed E-state index contributed by atoms with van der Waals surface area (Å²) >= 11 is 11.1. The number of aromatic nitrogens is 1. The maximum absolute atomic E-state index is 13.0. The molecule has 1 heterocycles. The second kappa shape index (κ2) is 15.8. The molecule has 37 heavy (non-hydrogen) atoms. The van der Waals surface area contributed by atoms with Crippen LogP contribution in [0, 0.1) is 6.92 Å². The number of hydrogen-bond acceptors (Lipinski definition) is 5. The maximum Gasteiger partial charge on any atom is 0.415 e. The topological polar surface area (TPSA) is 108 Å². The van der Waals surface area contributed by atoms with Crippen molar-refractivity contribution >= 4 is 47.5 Å². The van der Waals surface area contributed by atoms with Crippen molar-refractivity contribution in [2.24, 2.45) is 0 Å². The van der Waals surface area contributed by atoms with Crippen molar-refractivity contribution in [3.05, 3.63) is 64.9 Å². The number of likely N-dealkylation sites (N-methyl/N-ethyl adjacent to an activating group) is 2. The molecule has 9 nitrogen and oxygen atoms in total. The number of alkyl halides is 1. The zero-order chi connectivity index (χ0) is 28.0. The predicted molar refractivity (Wildman–Crippen MR) is 140 cm³/mol. The Morgan fingerprint density at radius 1 is 1.16 bits per heavy atom. The summed E-state index contributed by atoms with van der Waals surface area (Å²) in [5.41, 5.74) is 0.654. The van der Waals surface area contributed by atoms with Crippen LogP contribution in [0.4, 0.5) is 4.79 Å². The summed E-state index contributed by atoms with van der Waals surface area (Å²) in [6, 6.07) is 11.1. The van der Waals surface area contributed by atoms with E-state index in [9.17, 15) is 19.2 Å². The number of halogens is 2. The number of ether oxygens (including phenoxy) is 1. The van der Waals surface area contributed by atoms with Gasteiger partial charge < -0.3 is 14.7 Å². The van der Waals surface area contributed by atoms with Gasteiger partial charge in [-0.05, 0) is 38.3 Å². The largest absolute Gasteiger partial charge is 0.480 e. The SMILES string of the molecule is CCl.CN(C=O)CC(=O)O.Cc1ccc[n+](COC(=O)N(C)C2(c3ccccc3Cl)CCCCC2=O)c1. The predicted octanol–water partition coefficient (Wildman–Crippen LogP) is 4.01. The molecule has 0 saturated heterocycles. The maximum atomic E-state index is 13.0. The number of carbonyl (C=O) groups excluding carboxylic acids is 3. The zero-order valence-electron chi connectivity index (χ0n) is 21.5. The van der Waals surface area contributed by atoms with Gasteiger partial charge in [-0.15, -0.1) is 11.6 Å². The van der Waals surface area contributed by atoms with E-state index in [0.29, 0.717) is 29.8 Å². The highest BCUT2D eigenvalue weighted by Gasteiger charge is 2.48. The van der Waals surface area contributed by atoms with Crippen LogP contribution in [0.25, 0.3) is 0 Å². The van der Waals surface area contributed by atoms with Gasteiger partial charge in [0.1, 0.15) is 12.1 Å². The van der Waals surface area contributed by atoms with Gasteiger partial charge in [0.05, 0.1) is 0 Å². The standard InChI is InChI=1S/C21H24ClN2O3.C4H7NO3.CH3Cl/c1-16-8-7-13-24(14-16)15-27-20(26)23(2)21(12-6-5-11-19(21)25)17-9-3-4-10-18(17)22;1-5(3-6)2-4(7)8;1-2/h3-4,7-10,13-14H,5-6,11-12,15H2,1-2H3;3H,2H2,1H3,(H,7,8);1H3/q+1;;. The summed E-state index contributed by atoms with van der Waals surface area (Å²) in [4.78, 5) is 47.8. The first-order chi connectivity index (χ1) is 17.6. The summed E-state index contributed by atoms with van der Waals surface area (Å²) in [6.07, 6.45) is 7.76. The third kappa shape index (κ3) is 9.02. The zero-order valence-corrected chi connectivity index (χ0v) is 23.0. The molecule has 1 fully saturated rings. The van der Waals surface area contributed by atoms with E-state index < -0.39 is 17.6 Å². The Bertz CT molecular complexity index is 1070. The van der Waals surface area contributed by atoms with Gasteiger partial charge in [-0.25, -0.2) is 4.79 Å². The van der Waals surface area contributed by atoms with E-state index in [1.165, 1.54) is 18.3 Å². The van der Waals surface area contributed by atoms with Crippen molar-refractivity contribution in [1.82, 2.24) is 9.80 Å². The Balaban J connectivity index is 0.000000586. The van der Waals surface area contributed by atoms with Crippen molar-refractivity contribution in [2.75, 3.05) is 27.0 Å². The molecule has 2 amide bonds. The van der Waals surface area contributed by atoms with Crippen LogP contribution in [0.2, 0.25) is 5.02 Å². The molecular formula is C26H34Cl2N3O6+. The molecule has 1 saturated carbocycles. The molecule has 2 aromatic rings. The van der Waals surface area contributed by atoms with Crippen LogP contribution in [-0.2, 0) is 31.4 Å². The Labute approximate surface area is 227 Å². The molecule has 1 atom stereocenters. The van der Waals surface area contributed by atoms with Gasteiger partial charge in [0.2, 0.25) is 6.41 Å². The number of aryl methyl sites for hydroxylation is 1. The molecule has 3 rings (SSSR count). The summed E-state index contributed by atoms with van der Waals surface area (Å²) in [5.74, 6) is -0.996. The molecule has 11 heteroatoms. The number of carboxylic acids is 1. The number of pyridine rings is 1. The van der Waals surface area contributed by atoms with E-state index in [4.69, 9.17) is 21.4 Å². The van der Waals surface area contributed by atoms with Crippen molar-refractivity contribution in [1.29, 1.82) is 0 Å². The number of aliphatic carboxylic acids is 1. The number of rotatable bonds is 7. The van der Waals surface area contributed by atoms with Crippen molar-refractivity contribution < 1.29 is 33.6 Å². The van der Waals surface area contributed by atoms with Gasteiger partial charge in [-0.1, -0.05) is 29.8 Å². The summed E-state index contributed by atoms with van der Waals surface area (Å²) in [6.45, 7) is 1.82. The monoisotopic (exact) mass is 554 g/mol. The summed E-state index contributed by atoms with van der Waals surface area (Å²) in [5, 5.41) is 8.50. The number of Topliss-reactive ketones (excluding diaryl/α,β-unsaturated/α-hetero) is 1. The fraction of sp³-hybridized carbons (Fsp3) is 0.423. The number of carboxylic acid groups (broad SMARTS) is 1. The summed E-state index contributed by atoms with van der Waals surface area (Å²) in [7, 11) is 3.02. The quantitative estimate of drug-likeness (QED) is 0.314. The van der Waals surface area contributed by atoms with Gasteiger partial charge in [0.15, 0.2) is 18.2 Å². The third-order valence-electron chi connectivity index (χ3n) is 5.73. The number of amides is 2. The van der Waals surface area contributed by atoms with Gasteiger partial charge >= 0.3 is 12.1 Å². The minimum Gasteiger partial charge on any atom is -0.480 e. The number of benzene rings is 1. The van der Waals surface area contributed by atoms with Crippen LogP contribution < -0.4 is 4.57 Å². The first kappa shape index (κ1) is 31.9. The van der Waals surface area contributed by atoms with E-state index in [1.54, 1.807) is 17.7 Å². The second-order valence-electron chi connectivity index (χ2n) is 8.38. The number of nitrogens with zero attached hydrogens (tertiary/aromatic N) is 3. The third-order valence-corrected chi connectivity index (χ3v) is 6.06. The lowest BCUT2D eigenvalue weighted by atomic mass is 9.74. The molecule has 1 N–H and O–H groups in total. The van der Waals surface area contributed by atoms with Crippen LogP contribution in [0.15, 0.2) is 48.8 Å². The van der Waals surface area contributed by atoms with Crippen LogP contribution in [0.1, 0.15) is 36.8 Å². The van der Waals surface area contributed by atoms with Gasteiger partial charge in [0.25, 0.3) is 6.73 Å². The minimum atomic E-state index is -1.08. The van der Waals surface area contributed by atoms with Gasteiger partial charge in [-0.2, -0.15) is 4.57 Å². The Kier molecular flexibility index (Phi) is 13.6. The molecule has 0 bridgehead atoms. The molecule has 1 aliphatic carbocycles. The molecule has 1 aliphatic rings. The van der Waals surface area contributed by atoms with Crippen molar-refractivity contribution in [3.63, 3.8) is 0 Å². The Morgan fingerprint density at radius 2 is 1.84 bits per heavy atom. The second-order valence-corrected chi connectivity index (χ2v) is 8.79. The highest BCUT2D eigenvalue weighted by Crippen LogP contribution is 2.42. The first-order valence-electron chi connectivity index (χ1n) is 11.5. The van der Waals surface area contributed by atoms with Crippen LogP contribution in [0.3, 0.4) is 0 Å².